The summed E-state index contributed by atoms with van der Waals surface area (Å²) >= 11 is 3.61. The number of hydrogen-bond donors (Lipinski definition) is 2. The maximum Gasteiger partial charge on any atom is 0.0632 e. The Labute approximate surface area is 118 Å². The van der Waals surface area contributed by atoms with E-state index in [-0.39, 0.29) is 12.6 Å². The molecule has 4 heteroatoms. The van der Waals surface area contributed by atoms with E-state index in [2.05, 4.69) is 51.3 Å². The third-order valence-corrected chi connectivity index (χ3v) is 3.85. The molecule has 0 aliphatic carbocycles. The normalized spacial score (nSPS) is 12.5. The first kappa shape index (κ1) is 15.5. The van der Waals surface area contributed by atoms with Crippen molar-refractivity contribution < 1.29 is 5.11 Å². The molecule has 18 heavy (non-hydrogen) atoms. The van der Waals surface area contributed by atoms with Crippen LogP contribution in [0.5, 0.6) is 0 Å². The number of anilines is 1. The zero-order valence-electron chi connectivity index (χ0n) is 11.4. The van der Waals surface area contributed by atoms with E-state index in [9.17, 15) is 5.11 Å². The van der Waals surface area contributed by atoms with Gasteiger partial charge in [-0.1, -0.05) is 28.9 Å². The molecular formula is C14H23BrN2O. The Balaban J connectivity index is 2.72. The molecule has 0 bridgehead atoms. The lowest BCUT2D eigenvalue weighted by Gasteiger charge is -2.26. The number of benzene rings is 1. The van der Waals surface area contributed by atoms with Crippen LogP contribution in [-0.2, 0) is 6.54 Å². The molecule has 0 aliphatic heterocycles. The van der Waals surface area contributed by atoms with Crippen LogP contribution < -0.4 is 10.2 Å². The third kappa shape index (κ3) is 4.26. The fourth-order valence-corrected chi connectivity index (χ4v) is 2.18. The third-order valence-electron chi connectivity index (χ3n) is 3.11. The number of rotatable bonds is 7. The quantitative estimate of drug-likeness (QED) is 0.760. The lowest BCUT2D eigenvalue weighted by Crippen LogP contribution is -2.31. The first-order valence-corrected chi connectivity index (χ1v) is 7.22. The van der Waals surface area contributed by atoms with Gasteiger partial charge < -0.3 is 15.3 Å². The second kappa shape index (κ2) is 7.77. The average Bonchev–Trinajstić information content (AvgIpc) is 2.39. The zero-order valence-corrected chi connectivity index (χ0v) is 13.0. The molecule has 0 saturated carbocycles. The molecule has 1 unspecified atom stereocenters. The number of likely N-dealkylation sites (N-methyl/N-ethyl adjacent to an activating group) is 1. The van der Waals surface area contributed by atoms with Crippen molar-refractivity contribution in [2.45, 2.75) is 32.9 Å². The van der Waals surface area contributed by atoms with E-state index < -0.39 is 0 Å². The van der Waals surface area contributed by atoms with Gasteiger partial charge in [-0.25, -0.2) is 0 Å². The SMILES string of the molecule is CCCNCc1ccc(N(C)C(C)CO)cc1Br. The number of hydrogen-bond acceptors (Lipinski definition) is 3. The first-order chi connectivity index (χ1) is 8.60. The molecular weight excluding hydrogens is 292 g/mol. The van der Waals surface area contributed by atoms with E-state index in [1.54, 1.807) is 0 Å². The molecule has 0 amide bonds. The Morgan fingerprint density at radius 1 is 1.44 bits per heavy atom. The van der Waals surface area contributed by atoms with Crippen LogP contribution in [0.2, 0.25) is 0 Å². The van der Waals surface area contributed by atoms with Gasteiger partial charge in [0, 0.05) is 29.8 Å². The van der Waals surface area contributed by atoms with Crippen LogP contribution in [0.4, 0.5) is 5.69 Å². The van der Waals surface area contributed by atoms with Crippen molar-refractivity contribution in [3.8, 4) is 0 Å². The summed E-state index contributed by atoms with van der Waals surface area (Å²) in [5, 5.41) is 12.6. The Morgan fingerprint density at radius 2 is 2.17 bits per heavy atom. The Bertz CT molecular complexity index is 371. The summed E-state index contributed by atoms with van der Waals surface area (Å²) in [7, 11) is 2.00. The maximum absolute atomic E-state index is 9.17. The molecule has 0 heterocycles. The predicted octanol–water partition coefficient (Wildman–Crippen LogP) is 2.77. The molecule has 0 aromatic heterocycles. The van der Waals surface area contributed by atoms with E-state index in [0.717, 1.165) is 29.7 Å². The molecule has 0 spiro atoms. The highest BCUT2D eigenvalue weighted by atomic mass is 79.9. The van der Waals surface area contributed by atoms with E-state index in [1.165, 1.54) is 5.56 Å². The molecule has 1 rings (SSSR count). The number of aliphatic hydroxyl groups is 1. The highest BCUT2D eigenvalue weighted by Crippen LogP contribution is 2.24. The van der Waals surface area contributed by atoms with Gasteiger partial charge in [-0.3, -0.25) is 0 Å². The van der Waals surface area contributed by atoms with Crippen molar-refractivity contribution in [2.24, 2.45) is 0 Å². The summed E-state index contributed by atoms with van der Waals surface area (Å²) in [4.78, 5) is 2.08. The Kier molecular flexibility index (Phi) is 6.68. The molecule has 1 atom stereocenters. The second-order valence-corrected chi connectivity index (χ2v) is 5.45. The summed E-state index contributed by atoms with van der Waals surface area (Å²) in [6.07, 6.45) is 1.15. The second-order valence-electron chi connectivity index (χ2n) is 4.59. The number of nitrogens with zero attached hydrogens (tertiary/aromatic N) is 1. The molecule has 0 radical (unpaired) electrons. The molecule has 3 nitrogen and oxygen atoms in total. The first-order valence-electron chi connectivity index (χ1n) is 6.43. The van der Waals surface area contributed by atoms with Crippen LogP contribution in [0.3, 0.4) is 0 Å². The molecule has 0 saturated heterocycles. The van der Waals surface area contributed by atoms with Crippen LogP contribution in [0.15, 0.2) is 22.7 Å². The van der Waals surface area contributed by atoms with E-state index >= 15 is 0 Å². The number of nitrogens with one attached hydrogen (secondary N) is 1. The van der Waals surface area contributed by atoms with Gasteiger partial charge in [0.1, 0.15) is 0 Å². The summed E-state index contributed by atoms with van der Waals surface area (Å²) in [5.41, 5.74) is 2.37. The summed E-state index contributed by atoms with van der Waals surface area (Å²) in [6.45, 7) is 6.25. The Hall–Kier alpha value is -0.580. The average molecular weight is 315 g/mol. The van der Waals surface area contributed by atoms with E-state index in [0.29, 0.717) is 0 Å². The lowest BCUT2D eigenvalue weighted by molar-refractivity contribution is 0.270. The standard InChI is InChI=1S/C14H23BrN2O/c1-4-7-16-9-12-5-6-13(8-14(12)15)17(3)11(2)10-18/h5-6,8,11,16,18H,4,7,9-10H2,1-3H3. The van der Waals surface area contributed by atoms with Crippen molar-refractivity contribution in [1.29, 1.82) is 0 Å². The number of halogens is 1. The fraction of sp³-hybridized carbons (Fsp3) is 0.571. The van der Waals surface area contributed by atoms with Crippen molar-refractivity contribution >= 4 is 21.6 Å². The van der Waals surface area contributed by atoms with Crippen LogP contribution in [-0.4, -0.2) is 31.3 Å². The van der Waals surface area contributed by atoms with E-state index in [4.69, 9.17) is 0 Å². The van der Waals surface area contributed by atoms with Crippen LogP contribution in [0.25, 0.3) is 0 Å². The molecule has 102 valence electrons. The highest BCUT2D eigenvalue weighted by Gasteiger charge is 2.10. The van der Waals surface area contributed by atoms with Crippen molar-refractivity contribution in [3.63, 3.8) is 0 Å². The molecule has 0 aliphatic rings. The van der Waals surface area contributed by atoms with Crippen molar-refractivity contribution in [2.75, 3.05) is 25.1 Å². The van der Waals surface area contributed by atoms with Gasteiger partial charge in [0.25, 0.3) is 0 Å². The molecule has 2 N–H and O–H groups in total. The Morgan fingerprint density at radius 3 is 2.72 bits per heavy atom. The summed E-state index contributed by atoms with van der Waals surface area (Å²) in [6, 6.07) is 6.46. The lowest BCUT2D eigenvalue weighted by atomic mass is 10.1. The van der Waals surface area contributed by atoms with Gasteiger partial charge in [0.05, 0.1) is 6.61 Å². The summed E-state index contributed by atoms with van der Waals surface area (Å²) in [5.74, 6) is 0. The van der Waals surface area contributed by atoms with Gasteiger partial charge in [-0.2, -0.15) is 0 Å². The van der Waals surface area contributed by atoms with Crippen LogP contribution >= 0.6 is 15.9 Å². The topological polar surface area (TPSA) is 35.5 Å². The van der Waals surface area contributed by atoms with Gasteiger partial charge in [0.2, 0.25) is 0 Å². The minimum atomic E-state index is 0.126. The predicted molar refractivity (Wildman–Crippen MR) is 81.1 cm³/mol. The molecule has 1 aromatic carbocycles. The monoisotopic (exact) mass is 314 g/mol. The van der Waals surface area contributed by atoms with Gasteiger partial charge in [-0.15, -0.1) is 0 Å². The highest BCUT2D eigenvalue weighted by molar-refractivity contribution is 9.10. The summed E-state index contributed by atoms with van der Waals surface area (Å²) < 4.78 is 1.11. The van der Waals surface area contributed by atoms with Gasteiger partial charge in [0.15, 0.2) is 0 Å². The van der Waals surface area contributed by atoms with E-state index in [1.807, 2.05) is 14.0 Å². The van der Waals surface area contributed by atoms with Crippen LogP contribution in [0.1, 0.15) is 25.8 Å². The maximum atomic E-state index is 9.17. The van der Waals surface area contributed by atoms with Gasteiger partial charge >= 0.3 is 0 Å². The molecule has 1 aromatic rings. The largest absolute Gasteiger partial charge is 0.394 e. The van der Waals surface area contributed by atoms with Gasteiger partial charge in [-0.05, 0) is 37.6 Å². The van der Waals surface area contributed by atoms with Crippen LogP contribution in [0, 0.1) is 0 Å². The smallest absolute Gasteiger partial charge is 0.0632 e. The van der Waals surface area contributed by atoms with Crippen molar-refractivity contribution in [3.05, 3.63) is 28.2 Å². The van der Waals surface area contributed by atoms with Crippen molar-refractivity contribution in [1.82, 2.24) is 5.32 Å². The minimum absolute atomic E-state index is 0.126. The minimum Gasteiger partial charge on any atom is -0.394 e. The number of aliphatic hydroxyl groups excluding tert-OH is 1. The fourth-order valence-electron chi connectivity index (χ4n) is 1.68. The molecule has 0 fully saturated rings. The zero-order chi connectivity index (χ0) is 13.5.